The van der Waals surface area contributed by atoms with Gasteiger partial charge in [-0.05, 0) is 30.3 Å². The first-order valence-corrected chi connectivity index (χ1v) is 6.28. The summed E-state index contributed by atoms with van der Waals surface area (Å²) in [6.45, 7) is 0. The van der Waals surface area contributed by atoms with Gasteiger partial charge in [-0.1, -0.05) is 23.2 Å². The van der Waals surface area contributed by atoms with E-state index in [1.807, 2.05) is 0 Å². The van der Waals surface area contributed by atoms with E-state index in [9.17, 15) is 14.9 Å². The Labute approximate surface area is 128 Å². The van der Waals surface area contributed by atoms with Crippen molar-refractivity contribution in [2.45, 2.75) is 0 Å². The molecule has 0 aliphatic heterocycles. The molecule has 2 rings (SSSR count). The second-order valence-corrected chi connectivity index (χ2v) is 4.76. The molecule has 0 saturated heterocycles. The highest BCUT2D eigenvalue weighted by Gasteiger charge is 2.17. The van der Waals surface area contributed by atoms with Crippen LogP contribution in [0.3, 0.4) is 0 Å². The maximum atomic E-state index is 11.0. The number of hydrogen-bond acceptors (Lipinski definition) is 4. The molecule has 0 saturated carbocycles. The minimum atomic E-state index is -1.23. The predicted octanol–water partition coefficient (Wildman–Crippen LogP) is 4.39. The van der Waals surface area contributed by atoms with Gasteiger partial charge in [0.25, 0.3) is 0 Å². The quantitative estimate of drug-likeness (QED) is 0.664. The van der Waals surface area contributed by atoms with Crippen LogP contribution < -0.4 is 4.74 Å². The van der Waals surface area contributed by atoms with Crippen LogP contribution in [0, 0.1) is 10.1 Å². The monoisotopic (exact) mass is 327 g/mol. The fourth-order valence-corrected chi connectivity index (χ4v) is 1.94. The van der Waals surface area contributed by atoms with Gasteiger partial charge in [0.15, 0.2) is 0 Å². The Bertz CT molecular complexity index is 732. The molecule has 0 aliphatic carbocycles. The zero-order chi connectivity index (χ0) is 15.6. The van der Waals surface area contributed by atoms with E-state index in [2.05, 4.69) is 0 Å². The van der Waals surface area contributed by atoms with Crippen LogP contribution in [0.15, 0.2) is 36.4 Å². The molecule has 0 aromatic heterocycles. The van der Waals surface area contributed by atoms with Crippen molar-refractivity contribution in [3.05, 3.63) is 62.1 Å². The van der Waals surface area contributed by atoms with Gasteiger partial charge in [-0.15, -0.1) is 0 Å². The average Bonchev–Trinajstić information content (AvgIpc) is 2.42. The average molecular weight is 328 g/mol. The summed E-state index contributed by atoms with van der Waals surface area (Å²) in [6.07, 6.45) is 0. The van der Waals surface area contributed by atoms with E-state index in [-0.39, 0.29) is 32.8 Å². The molecule has 0 amide bonds. The highest BCUT2D eigenvalue weighted by molar-refractivity contribution is 6.33. The third-order valence-corrected chi connectivity index (χ3v) is 3.08. The highest BCUT2D eigenvalue weighted by Crippen LogP contribution is 2.34. The van der Waals surface area contributed by atoms with Crippen LogP contribution in [-0.4, -0.2) is 16.0 Å². The molecule has 0 bridgehead atoms. The van der Waals surface area contributed by atoms with Crippen LogP contribution in [0.25, 0.3) is 0 Å². The fourth-order valence-electron chi connectivity index (χ4n) is 1.58. The summed E-state index contributed by atoms with van der Waals surface area (Å²) in [4.78, 5) is 21.3. The predicted molar refractivity (Wildman–Crippen MR) is 76.6 cm³/mol. The largest absolute Gasteiger partial charge is 0.478 e. The lowest BCUT2D eigenvalue weighted by atomic mass is 10.2. The van der Waals surface area contributed by atoms with Crippen molar-refractivity contribution >= 4 is 34.9 Å². The molecule has 2 aromatic rings. The highest BCUT2D eigenvalue weighted by atomic mass is 35.5. The van der Waals surface area contributed by atoms with Gasteiger partial charge in [0.05, 0.1) is 15.5 Å². The Balaban J connectivity index is 2.41. The van der Waals surface area contributed by atoms with Crippen LogP contribution in [0.4, 0.5) is 5.69 Å². The van der Waals surface area contributed by atoms with Gasteiger partial charge < -0.3 is 9.84 Å². The molecular formula is C13H7Cl2NO5. The summed E-state index contributed by atoms with van der Waals surface area (Å²) in [7, 11) is 0. The van der Waals surface area contributed by atoms with Gasteiger partial charge >= 0.3 is 11.7 Å². The van der Waals surface area contributed by atoms with E-state index in [1.165, 1.54) is 30.3 Å². The molecule has 2 aromatic carbocycles. The third-order valence-electron chi connectivity index (χ3n) is 2.51. The van der Waals surface area contributed by atoms with Crippen molar-refractivity contribution in [2.24, 2.45) is 0 Å². The van der Waals surface area contributed by atoms with Crippen LogP contribution >= 0.6 is 23.2 Å². The summed E-state index contributed by atoms with van der Waals surface area (Å²) in [5, 5.41) is 20.1. The van der Waals surface area contributed by atoms with E-state index in [0.29, 0.717) is 0 Å². The first kappa shape index (κ1) is 15.1. The van der Waals surface area contributed by atoms with Gasteiger partial charge in [-0.3, -0.25) is 10.1 Å². The van der Waals surface area contributed by atoms with Crippen LogP contribution in [0.5, 0.6) is 11.5 Å². The molecule has 0 radical (unpaired) electrons. The number of carboxylic acid groups (broad SMARTS) is 1. The van der Waals surface area contributed by atoms with Crippen molar-refractivity contribution in [3.8, 4) is 11.5 Å². The SMILES string of the molecule is O=C(O)c1cc(Oc2ccc(Cl)cc2[N+](=O)[O-])ccc1Cl. The number of nitro groups is 1. The summed E-state index contributed by atoms with van der Waals surface area (Å²) in [6, 6.07) is 7.83. The smallest absolute Gasteiger partial charge is 0.337 e. The van der Waals surface area contributed by atoms with Crippen LogP contribution in [0.2, 0.25) is 10.0 Å². The number of hydrogen-bond donors (Lipinski definition) is 1. The maximum absolute atomic E-state index is 11.0. The lowest BCUT2D eigenvalue weighted by Crippen LogP contribution is -1.98. The molecular weight excluding hydrogens is 321 g/mol. The summed E-state index contributed by atoms with van der Waals surface area (Å²) in [5.41, 5.74) is -0.486. The fraction of sp³-hybridized carbons (Fsp3) is 0. The van der Waals surface area contributed by atoms with Crippen LogP contribution in [-0.2, 0) is 0 Å². The van der Waals surface area contributed by atoms with E-state index >= 15 is 0 Å². The lowest BCUT2D eigenvalue weighted by Gasteiger charge is -2.08. The first-order chi connectivity index (χ1) is 9.88. The lowest BCUT2D eigenvalue weighted by molar-refractivity contribution is -0.385. The zero-order valence-electron chi connectivity index (χ0n) is 10.2. The number of rotatable bonds is 4. The molecule has 8 heteroatoms. The molecule has 0 spiro atoms. The number of nitrogens with zero attached hydrogens (tertiary/aromatic N) is 1. The number of ether oxygens (including phenoxy) is 1. The van der Waals surface area contributed by atoms with Gasteiger partial charge in [0, 0.05) is 11.1 Å². The van der Waals surface area contributed by atoms with E-state index in [0.717, 1.165) is 6.07 Å². The zero-order valence-corrected chi connectivity index (χ0v) is 11.8. The summed E-state index contributed by atoms with van der Waals surface area (Å²) in [5.74, 6) is -1.17. The molecule has 6 nitrogen and oxygen atoms in total. The van der Waals surface area contributed by atoms with Gasteiger partial charge in [-0.2, -0.15) is 0 Å². The minimum absolute atomic E-state index is 0.0421. The van der Waals surface area contributed by atoms with Crippen molar-refractivity contribution in [1.29, 1.82) is 0 Å². The second kappa shape index (κ2) is 5.99. The molecule has 0 aliphatic rings. The van der Waals surface area contributed by atoms with Crippen molar-refractivity contribution < 1.29 is 19.6 Å². The minimum Gasteiger partial charge on any atom is -0.478 e. The summed E-state index contributed by atoms with van der Waals surface area (Å²) < 4.78 is 5.35. The molecule has 1 N–H and O–H groups in total. The van der Waals surface area contributed by atoms with E-state index in [4.69, 9.17) is 33.0 Å². The van der Waals surface area contributed by atoms with Crippen LogP contribution in [0.1, 0.15) is 10.4 Å². The molecule has 0 unspecified atom stereocenters. The first-order valence-electron chi connectivity index (χ1n) is 5.53. The molecule has 0 heterocycles. The normalized spacial score (nSPS) is 10.2. The Morgan fingerprint density at radius 1 is 1.19 bits per heavy atom. The van der Waals surface area contributed by atoms with E-state index < -0.39 is 10.9 Å². The Morgan fingerprint density at radius 3 is 2.52 bits per heavy atom. The topological polar surface area (TPSA) is 89.7 Å². The van der Waals surface area contributed by atoms with Gasteiger partial charge in [-0.25, -0.2) is 4.79 Å². The van der Waals surface area contributed by atoms with Crippen molar-refractivity contribution in [2.75, 3.05) is 0 Å². The molecule has 108 valence electrons. The Kier molecular flexibility index (Phi) is 4.30. The van der Waals surface area contributed by atoms with Gasteiger partial charge in [0.2, 0.25) is 5.75 Å². The van der Waals surface area contributed by atoms with Crippen molar-refractivity contribution in [3.63, 3.8) is 0 Å². The molecule has 0 atom stereocenters. The number of aromatic carboxylic acids is 1. The van der Waals surface area contributed by atoms with Crippen molar-refractivity contribution in [1.82, 2.24) is 0 Å². The van der Waals surface area contributed by atoms with Gasteiger partial charge in [0.1, 0.15) is 5.75 Å². The Morgan fingerprint density at radius 2 is 1.90 bits per heavy atom. The number of halogens is 2. The molecule has 0 fully saturated rings. The number of nitro benzene ring substituents is 1. The Hall–Kier alpha value is -2.31. The number of carboxylic acids is 1. The molecule has 21 heavy (non-hydrogen) atoms. The second-order valence-electron chi connectivity index (χ2n) is 3.92. The number of benzene rings is 2. The third kappa shape index (κ3) is 3.42. The van der Waals surface area contributed by atoms with E-state index in [1.54, 1.807) is 0 Å². The maximum Gasteiger partial charge on any atom is 0.337 e. The summed E-state index contributed by atoms with van der Waals surface area (Å²) >= 11 is 11.4. The standard InChI is InChI=1S/C13H7Cl2NO5/c14-7-1-4-12(11(5-7)16(19)20)21-8-2-3-10(15)9(6-8)13(17)18/h1-6H,(H,17,18). The number of carbonyl (C=O) groups is 1.